The highest BCUT2D eigenvalue weighted by molar-refractivity contribution is 7.17. The van der Waals surface area contributed by atoms with Gasteiger partial charge in [-0.1, -0.05) is 60.7 Å². The van der Waals surface area contributed by atoms with E-state index in [4.69, 9.17) is 0 Å². The summed E-state index contributed by atoms with van der Waals surface area (Å²) in [7, 11) is 2.86. The molecule has 0 saturated carbocycles. The first kappa shape index (κ1) is 24.5. The topological polar surface area (TPSA) is 0 Å². The van der Waals surface area contributed by atoms with E-state index in [1.165, 1.54) is 5.57 Å². The Bertz CT molecular complexity index is 1190. The fourth-order valence-corrected chi connectivity index (χ4v) is 4.81. The Hall–Kier alpha value is -2.64. The summed E-state index contributed by atoms with van der Waals surface area (Å²) in [6.07, 6.45) is 10.1. The molecule has 4 heteroatoms. The lowest BCUT2D eigenvalue weighted by molar-refractivity contribution is 0.499. The molecule has 0 saturated heterocycles. The van der Waals surface area contributed by atoms with Crippen LogP contribution in [0.3, 0.4) is 0 Å². The Balaban J connectivity index is 1.52. The van der Waals surface area contributed by atoms with Crippen LogP contribution in [0.2, 0.25) is 0 Å². The number of rotatable bonds is 8. The fourth-order valence-electron chi connectivity index (χ4n) is 4.50. The second-order valence-electron chi connectivity index (χ2n) is 8.97. The van der Waals surface area contributed by atoms with Gasteiger partial charge in [-0.05, 0) is 84.5 Å². The van der Waals surface area contributed by atoms with Crippen LogP contribution < -0.4 is 0 Å². The summed E-state index contributed by atoms with van der Waals surface area (Å²) in [5.74, 6) is -1.90. The largest absolute Gasteiger partial charge is 0.206 e. The molecular formula is C30H30F3P. The molecule has 0 aliphatic heterocycles. The van der Waals surface area contributed by atoms with Crippen molar-refractivity contribution >= 4 is 14.8 Å². The lowest BCUT2D eigenvalue weighted by atomic mass is 9.91. The summed E-state index contributed by atoms with van der Waals surface area (Å²) in [6.45, 7) is 3.68. The number of aryl methyl sites for hydroxylation is 1. The molecule has 0 bridgehead atoms. The third-order valence-corrected chi connectivity index (χ3v) is 7.17. The second-order valence-corrected chi connectivity index (χ2v) is 9.91. The Labute approximate surface area is 202 Å². The maximum atomic E-state index is 15.0. The van der Waals surface area contributed by atoms with E-state index in [2.05, 4.69) is 21.9 Å². The van der Waals surface area contributed by atoms with Gasteiger partial charge in [-0.3, -0.25) is 0 Å². The van der Waals surface area contributed by atoms with E-state index < -0.39 is 11.6 Å². The summed E-state index contributed by atoms with van der Waals surface area (Å²) >= 11 is 0. The van der Waals surface area contributed by atoms with Gasteiger partial charge in [0, 0.05) is 11.1 Å². The van der Waals surface area contributed by atoms with Crippen LogP contribution in [-0.4, -0.2) is 5.66 Å². The van der Waals surface area contributed by atoms with Gasteiger partial charge in [-0.25, -0.2) is 13.2 Å². The molecule has 0 aromatic heterocycles. The zero-order chi connectivity index (χ0) is 24.1. The fraction of sp³-hybridized carbons (Fsp3) is 0.267. The number of benzene rings is 3. The maximum Gasteiger partial charge on any atom is 0.166 e. The van der Waals surface area contributed by atoms with Gasteiger partial charge < -0.3 is 0 Å². The van der Waals surface area contributed by atoms with Crippen molar-refractivity contribution in [3.8, 4) is 22.3 Å². The lowest BCUT2D eigenvalue weighted by Gasteiger charge is -2.18. The van der Waals surface area contributed by atoms with Gasteiger partial charge in [0.05, 0.1) is 0 Å². The van der Waals surface area contributed by atoms with Crippen molar-refractivity contribution in [2.45, 2.75) is 50.6 Å². The third-order valence-electron chi connectivity index (χ3n) is 6.56. The van der Waals surface area contributed by atoms with E-state index in [9.17, 15) is 13.2 Å². The van der Waals surface area contributed by atoms with Crippen molar-refractivity contribution in [3.63, 3.8) is 0 Å². The van der Waals surface area contributed by atoms with Crippen LogP contribution in [0.25, 0.3) is 27.8 Å². The Morgan fingerprint density at radius 1 is 0.853 bits per heavy atom. The first-order valence-electron chi connectivity index (χ1n) is 11.9. The van der Waals surface area contributed by atoms with Gasteiger partial charge in [0.2, 0.25) is 0 Å². The van der Waals surface area contributed by atoms with Gasteiger partial charge in [-0.2, -0.15) is 0 Å². The number of halogens is 3. The van der Waals surface area contributed by atoms with Gasteiger partial charge in [0.1, 0.15) is 5.82 Å². The maximum absolute atomic E-state index is 15.0. The van der Waals surface area contributed by atoms with E-state index in [0.717, 1.165) is 44.1 Å². The standard InChI is InChI=1S/C30H30F3P/c1-2-3-4-5-6-23-13-18-27(30(33)29(23)32)22-9-7-21(8-10-22)26-17-14-24(19-28(26)31)20-11-15-25(34)16-12-20/h2,7-11,13-14,17-19,25H,1,3-6,12,15-16,34H2. The highest BCUT2D eigenvalue weighted by Crippen LogP contribution is 2.34. The van der Waals surface area contributed by atoms with Crippen molar-refractivity contribution in [1.29, 1.82) is 0 Å². The summed E-state index contributed by atoms with van der Waals surface area (Å²) < 4.78 is 44.4. The zero-order valence-electron chi connectivity index (χ0n) is 19.3. The molecule has 176 valence electrons. The second kappa shape index (κ2) is 11.2. The predicted molar refractivity (Wildman–Crippen MR) is 140 cm³/mol. The summed E-state index contributed by atoms with van der Waals surface area (Å²) in [5.41, 5.74) is 5.10. The smallest absolute Gasteiger partial charge is 0.166 e. The van der Waals surface area contributed by atoms with Gasteiger partial charge >= 0.3 is 0 Å². The monoisotopic (exact) mass is 478 g/mol. The first-order valence-corrected chi connectivity index (χ1v) is 12.6. The number of unbranched alkanes of at least 4 members (excludes halogenated alkanes) is 2. The normalized spacial score (nSPS) is 15.8. The minimum absolute atomic E-state index is 0.214. The molecule has 0 fully saturated rings. The van der Waals surface area contributed by atoms with Crippen molar-refractivity contribution < 1.29 is 13.2 Å². The minimum atomic E-state index is -0.835. The average Bonchev–Trinajstić information content (AvgIpc) is 2.85. The highest BCUT2D eigenvalue weighted by Gasteiger charge is 2.16. The first-order chi connectivity index (χ1) is 16.5. The van der Waals surface area contributed by atoms with E-state index in [1.807, 2.05) is 12.1 Å². The van der Waals surface area contributed by atoms with Crippen LogP contribution in [0.15, 0.2) is 73.3 Å². The molecule has 0 heterocycles. The number of allylic oxidation sites excluding steroid dienone is 3. The van der Waals surface area contributed by atoms with Crippen LogP contribution >= 0.6 is 9.24 Å². The molecule has 0 radical (unpaired) electrons. The van der Waals surface area contributed by atoms with E-state index in [1.54, 1.807) is 48.5 Å². The molecule has 1 aliphatic carbocycles. The molecule has 0 nitrogen and oxygen atoms in total. The highest BCUT2D eigenvalue weighted by atomic mass is 31.0. The van der Waals surface area contributed by atoms with Crippen molar-refractivity contribution in [1.82, 2.24) is 0 Å². The molecule has 0 amide bonds. The Kier molecular flexibility index (Phi) is 8.06. The molecular weight excluding hydrogens is 448 g/mol. The molecule has 1 aliphatic rings. The van der Waals surface area contributed by atoms with Gasteiger partial charge in [0.25, 0.3) is 0 Å². The van der Waals surface area contributed by atoms with Gasteiger partial charge in [0.15, 0.2) is 11.6 Å². The molecule has 3 aromatic carbocycles. The molecule has 3 aromatic rings. The minimum Gasteiger partial charge on any atom is -0.206 e. The van der Waals surface area contributed by atoms with Crippen LogP contribution in [-0.2, 0) is 6.42 Å². The van der Waals surface area contributed by atoms with Crippen LogP contribution in [0.4, 0.5) is 13.2 Å². The summed E-state index contributed by atoms with van der Waals surface area (Å²) in [5, 5.41) is 0. The number of hydrogen-bond acceptors (Lipinski definition) is 0. The lowest BCUT2D eigenvalue weighted by Crippen LogP contribution is -2.03. The Morgan fingerprint density at radius 3 is 2.18 bits per heavy atom. The molecule has 0 spiro atoms. The summed E-state index contributed by atoms with van der Waals surface area (Å²) in [6, 6.07) is 15.6. The molecule has 0 N–H and O–H groups in total. The van der Waals surface area contributed by atoms with E-state index >= 15 is 0 Å². The quantitative estimate of drug-likeness (QED) is 0.172. The molecule has 2 atom stereocenters. The van der Waals surface area contributed by atoms with Crippen molar-refractivity contribution in [2.75, 3.05) is 0 Å². The third kappa shape index (κ3) is 5.53. The van der Waals surface area contributed by atoms with Crippen LogP contribution in [0.5, 0.6) is 0 Å². The van der Waals surface area contributed by atoms with E-state index in [0.29, 0.717) is 34.3 Å². The van der Waals surface area contributed by atoms with Crippen molar-refractivity contribution in [2.24, 2.45) is 0 Å². The Morgan fingerprint density at radius 2 is 1.53 bits per heavy atom. The molecule has 34 heavy (non-hydrogen) atoms. The summed E-state index contributed by atoms with van der Waals surface area (Å²) in [4.78, 5) is 0. The zero-order valence-corrected chi connectivity index (χ0v) is 20.5. The average molecular weight is 479 g/mol. The van der Waals surface area contributed by atoms with Crippen LogP contribution in [0, 0.1) is 17.5 Å². The van der Waals surface area contributed by atoms with E-state index in [-0.39, 0.29) is 11.4 Å². The van der Waals surface area contributed by atoms with Gasteiger partial charge in [-0.15, -0.1) is 15.8 Å². The SMILES string of the molecule is C=CCCCCc1ccc(-c2ccc(-c3ccc(C4=CCC(P)CC4)cc3F)cc2)c(F)c1F. The number of hydrogen-bond donors (Lipinski definition) is 0. The predicted octanol–water partition coefficient (Wildman–Crippen LogP) is 9.15. The molecule has 2 unspecified atom stereocenters. The van der Waals surface area contributed by atoms with Crippen molar-refractivity contribution in [3.05, 3.63) is 102 Å². The molecule has 4 rings (SSSR count). The van der Waals surface area contributed by atoms with Crippen LogP contribution in [0.1, 0.15) is 49.7 Å².